The topological polar surface area (TPSA) is 78.4 Å². The Bertz CT molecular complexity index is 491. The lowest BCUT2D eigenvalue weighted by Crippen LogP contribution is -2.40. The van der Waals surface area contributed by atoms with E-state index in [0.29, 0.717) is 13.0 Å². The summed E-state index contributed by atoms with van der Waals surface area (Å²) in [4.78, 5) is 11.9. The quantitative estimate of drug-likeness (QED) is 0.681. The summed E-state index contributed by atoms with van der Waals surface area (Å²) in [6.07, 6.45) is 3.27. The van der Waals surface area contributed by atoms with E-state index in [-0.39, 0.29) is 17.9 Å². The van der Waals surface area contributed by atoms with Gasteiger partial charge in [0.2, 0.25) is 0 Å². The van der Waals surface area contributed by atoms with Crippen molar-refractivity contribution >= 4 is 16.8 Å². The molecular formula is C16H26N2O3S. The first-order valence-electron chi connectivity index (χ1n) is 7.54. The summed E-state index contributed by atoms with van der Waals surface area (Å²) in [5, 5.41) is 15.0. The highest BCUT2D eigenvalue weighted by Gasteiger charge is 2.14. The van der Waals surface area contributed by atoms with Gasteiger partial charge in [0.15, 0.2) is 0 Å². The Morgan fingerprint density at radius 2 is 1.95 bits per heavy atom. The summed E-state index contributed by atoms with van der Waals surface area (Å²) in [7, 11) is -0.882. The minimum Gasteiger partial charge on any atom is -0.394 e. The van der Waals surface area contributed by atoms with Crippen LogP contribution in [0.3, 0.4) is 0 Å². The van der Waals surface area contributed by atoms with Crippen molar-refractivity contribution in [2.24, 2.45) is 0 Å². The number of nitrogens with one attached hydrogen (secondary N) is 2. The molecule has 0 radical (unpaired) electrons. The van der Waals surface area contributed by atoms with Gasteiger partial charge < -0.3 is 15.7 Å². The predicted octanol–water partition coefficient (Wildman–Crippen LogP) is 1.74. The third kappa shape index (κ3) is 6.15. The van der Waals surface area contributed by atoms with Crippen molar-refractivity contribution in [1.82, 2.24) is 10.6 Å². The van der Waals surface area contributed by atoms with E-state index in [1.807, 2.05) is 31.2 Å². The van der Waals surface area contributed by atoms with E-state index in [1.54, 1.807) is 6.26 Å². The molecule has 0 saturated heterocycles. The number of carbonyl (C=O) groups is 1. The standard InChI is InChI=1S/C16H26N2O3S/c1-4-13-5-7-14(8-6-13)15(11-19)18-16(20)17-10-9-12(2)22(3)21/h5-8,12,15,19H,4,9-11H2,1-3H3,(H2,17,18,20). The average molecular weight is 326 g/mol. The van der Waals surface area contributed by atoms with E-state index in [0.717, 1.165) is 12.0 Å². The molecule has 0 heterocycles. The molecule has 2 amide bonds. The number of aryl methyl sites for hydroxylation is 1. The zero-order valence-corrected chi connectivity index (χ0v) is 14.3. The fraction of sp³-hybridized carbons (Fsp3) is 0.562. The zero-order chi connectivity index (χ0) is 16.5. The van der Waals surface area contributed by atoms with Crippen LogP contribution in [0.25, 0.3) is 0 Å². The molecule has 1 aromatic carbocycles. The molecule has 124 valence electrons. The van der Waals surface area contributed by atoms with Crippen LogP contribution in [0.1, 0.15) is 37.4 Å². The Balaban J connectivity index is 2.47. The predicted molar refractivity (Wildman–Crippen MR) is 90.3 cm³/mol. The number of aliphatic hydroxyl groups excluding tert-OH is 1. The van der Waals surface area contributed by atoms with Crippen molar-refractivity contribution < 1.29 is 14.1 Å². The third-order valence-corrected chi connectivity index (χ3v) is 5.05. The third-order valence-electron chi connectivity index (χ3n) is 3.68. The molecule has 5 nitrogen and oxygen atoms in total. The maximum Gasteiger partial charge on any atom is 0.315 e. The smallest absolute Gasteiger partial charge is 0.315 e. The highest BCUT2D eigenvalue weighted by atomic mass is 32.2. The average Bonchev–Trinajstić information content (AvgIpc) is 2.52. The summed E-state index contributed by atoms with van der Waals surface area (Å²) in [6, 6.07) is 7.08. The normalized spacial score (nSPS) is 14.9. The first-order chi connectivity index (χ1) is 10.5. The van der Waals surface area contributed by atoms with Gasteiger partial charge in [-0.2, -0.15) is 0 Å². The van der Waals surface area contributed by atoms with Gasteiger partial charge in [-0.1, -0.05) is 38.1 Å². The van der Waals surface area contributed by atoms with E-state index < -0.39 is 16.8 Å². The molecule has 0 aromatic heterocycles. The fourth-order valence-electron chi connectivity index (χ4n) is 1.98. The van der Waals surface area contributed by atoms with Crippen LogP contribution in [0.2, 0.25) is 0 Å². The molecule has 0 spiro atoms. The molecule has 1 rings (SSSR count). The Morgan fingerprint density at radius 1 is 1.32 bits per heavy atom. The van der Waals surface area contributed by atoms with Crippen LogP contribution in [0.15, 0.2) is 24.3 Å². The van der Waals surface area contributed by atoms with Gasteiger partial charge in [-0.3, -0.25) is 4.21 Å². The van der Waals surface area contributed by atoms with Gasteiger partial charge in [-0.05, 0) is 24.0 Å². The van der Waals surface area contributed by atoms with Crippen LogP contribution >= 0.6 is 0 Å². The molecule has 3 unspecified atom stereocenters. The lowest BCUT2D eigenvalue weighted by atomic mass is 10.0. The molecule has 3 atom stereocenters. The SMILES string of the molecule is CCc1ccc(C(CO)NC(=O)NCCC(C)S(C)=O)cc1. The summed E-state index contributed by atoms with van der Waals surface area (Å²) < 4.78 is 11.2. The number of hydrogen-bond donors (Lipinski definition) is 3. The minimum absolute atomic E-state index is 0.0514. The van der Waals surface area contributed by atoms with Crippen LogP contribution in [0.5, 0.6) is 0 Å². The summed E-state index contributed by atoms with van der Waals surface area (Å²) >= 11 is 0. The number of aliphatic hydroxyl groups is 1. The van der Waals surface area contributed by atoms with E-state index in [2.05, 4.69) is 17.6 Å². The number of hydrogen-bond acceptors (Lipinski definition) is 3. The number of urea groups is 1. The molecular weight excluding hydrogens is 300 g/mol. The highest BCUT2D eigenvalue weighted by Crippen LogP contribution is 2.13. The van der Waals surface area contributed by atoms with Crippen molar-refractivity contribution in [1.29, 1.82) is 0 Å². The first kappa shape index (κ1) is 18.6. The van der Waals surface area contributed by atoms with Crippen LogP contribution in [-0.4, -0.2) is 40.0 Å². The molecule has 3 N–H and O–H groups in total. The fourth-order valence-corrected chi connectivity index (χ4v) is 2.43. The molecule has 0 aliphatic heterocycles. The zero-order valence-electron chi connectivity index (χ0n) is 13.5. The van der Waals surface area contributed by atoms with Crippen molar-refractivity contribution in [3.63, 3.8) is 0 Å². The van der Waals surface area contributed by atoms with E-state index >= 15 is 0 Å². The van der Waals surface area contributed by atoms with Crippen molar-refractivity contribution in [3.05, 3.63) is 35.4 Å². The Morgan fingerprint density at radius 3 is 2.45 bits per heavy atom. The largest absolute Gasteiger partial charge is 0.394 e. The van der Waals surface area contributed by atoms with Gasteiger partial charge in [0.25, 0.3) is 0 Å². The van der Waals surface area contributed by atoms with Crippen LogP contribution in [0, 0.1) is 0 Å². The number of carbonyl (C=O) groups excluding carboxylic acids is 1. The minimum atomic E-state index is -0.882. The maximum absolute atomic E-state index is 11.9. The molecule has 0 aliphatic rings. The van der Waals surface area contributed by atoms with E-state index in [1.165, 1.54) is 5.56 Å². The second-order valence-electron chi connectivity index (χ2n) is 5.33. The van der Waals surface area contributed by atoms with Gasteiger partial charge >= 0.3 is 6.03 Å². The van der Waals surface area contributed by atoms with Crippen molar-refractivity contribution in [3.8, 4) is 0 Å². The van der Waals surface area contributed by atoms with Crippen molar-refractivity contribution in [2.75, 3.05) is 19.4 Å². The number of benzene rings is 1. The second kappa shape index (κ2) is 9.58. The molecule has 0 fully saturated rings. The van der Waals surface area contributed by atoms with Crippen molar-refractivity contribution in [2.45, 2.75) is 38.0 Å². The lowest BCUT2D eigenvalue weighted by molar-refractivity contribution is 0.217. The second-order valence-corrected chi connectivity index (χ2v) is 7.13. The molecule has 0 saturated carbocycles. The molecule has 6 heteroatoms. The monoisotopic (exact) mass is 326 g/mol. The highest BCUT2D eigenvalue weighted by molar-refractivity contribution is 7.84. The lowest BCUT2D eigenvalue weighted by Gasteiger charge is -2.18. The molecule has 1 aromatic rings. The summed E-state index contributed by atoms with van der Waals surface area (Å²) in [5.41, 5.74) is 2.09. The molecule has 22 heavy (non-hydrogen) atoms. The summed E-state index contributed by atoms with van der Waals surface area (Å²) in [5.74, 6) is 0. The van der Waals surface area contributed by atoms with Crippen LogP contribution in [0.4, 0.5) is 4.79 Å². The Kier molecular flexibility index (Phi) is 8.12. The van der Waals surface area contributed by atoms with Crippen LogP contribution < -0.4 is 10.6 Å². The van der Waals surface area contributed by atoms with Gasteiger partial charge in [0.05, 0.1) is 12.6 Å². The first-order valence-corrected chi connectivity index (χ1v) is 9.16. The Hall–Kier alpha value is -1.40. The maximum atomic E-state index is 11.9. The number of amides is 2. The van der Waals surface area contributed by atoms with E-state index in [4.69, 9.17) is 0 Å². The van der Waals surface area contributed by atoms with Gasteiger partial charge in [0.1, 0.15) is 0 Å². The number of rotatable bonds is 8. The van der Waals surface area contributed by atoms with Gasteiger partial charge in [0, 0.05) is 28.9 Å². The summed E-state index contributed by atoms with van der Waals surface area (Å²) in [6.45, 7) is 4.27. The van der Waals surface area contributed by atoms with Gasteiger partial charge in [-0.15, -0.1) is 0 Å². The Labute approximate surface area is 135 Å². The van der Waals surface area contributed by atoms with E-state index in [9.17, 15) is 14.1 Å². The molecule has 0 aliphatic carbocycles. The van der Waals surface area contributed by atoms with Crippen LogP contribution in [-0.2, 0) is 17.2 Å². The molecule has 0 bridgehead atoms. The van der Waals surface area contributed by atoms with Gasteiger partial charge in [-0.25, -0.2) is 4.79 Å².